The maximum absolute atomic E-state index is 12.2. The molecule has 2 aromatic rings. The topological polar surface area (TPSA) is 83.0 Å². The molecule has 0 aliphatic rings. The number of benzene rings is 1. The van der Waals surface area contributed by atoms with Crippen LogP contribution in [0, 0.1) is 0 Å². The molecule has 1 amide bonds. The summed E-state index contributed by atoms with van der Waals surface area (Å²) < 4.78 is 1.67. The van der Waals surface area contributed by atoms with Crippen LogP contribution >= 0.6 is 23.5 Å². The van der Waals surface area contributed by atoms with E-state index in [2.05, 4.69) is 25.6 Å². The lowest BCUT2D eigenvalue weighted by molar-refractivity contribution is 0.260. The van der Waals surface area contributed by atoms with Gasteiger partial charge in [0.1, 0.15) is 0 Å². The fourth-order valence-corrected chi connectivity index (χ4v) is 2.71. The average molecular weight is 381 g/mol. The van der Waals surface area contributed by atoms with Crippen molar-refractivity contribution < 1.29 is 4.79 Å². The molecule has 1 aromatic heterocycles. The molecule has 0 aliphatic heterocycles. The van der Waals surface area contributed by atoms with Gasteiger partial charge in [-0.3, -0.25) is 9.10 Å². The van der Waals surface area contributed by atoms with Crippen LogP contribution in [0.5, 0.6) is 0 Å². The number of carbonyl (C=O) groups is 1. The normalized spacial score (nSPS) is 10.6. The van der Waals surface area contributed by atoms with Gasteiger partial charge in [0.05, 0.1) is 11.9 Å². The highest BCUT2D eigenvalue weighted by Crippen LogP contribution is 2.21. The number of nitrogens with one attached hydrogen (secondary N) is 2. The third-order valence-corrected chi connectivity index (χ3v) is 4.12. The predicted octanol–water partition coefficient (Wildman–Crippen LogP) is 3.73. The molecule has 134 valence electrons. The zero-order valence-corrected chi connectivity index (χ0v) is 15.9. The van der Waals surface area contributed by atoms with Gasteiger partial charge < -0.3 is 10.6 Å². The van der Waals surface area contributed by atoms with Crippen LogP contribution in [0.3, 0.4) is 0 Å². The summed E-state index contributed by atoms with van der Waals surface area (Å²) in [6.45, 7) is 6.85. The summed E-state index contributed by atoms with van der Waals surface area (Å²) in [5.41, 5.74) is 1.03. The second-order valence-corrected chi connectivity index (χ2v) is 6.77. The van der Waals surface area contributed by atoms with Gasteiger partial charge in [0.2, 0.25) is 17.2 Å². The van der Waals surface area contributed by atoms with Crippen molar-refractivity contribution in [2.24, 2.45) is 0 Å². The fraction of sp³-hybridized carbons (Fsp3) is 0.375. The molecule has 0 spiro atoms. The Hall–Kier alpha value is -2.06. The minimum atomic E-state index is -0.194. The average Bonchev–Trinajstić information content (AvgIpc) is 2.57. The van der Waals surface area contributed by atoms with Gasteiger partial charge >= 0.3 is 0 Å². The molecule has 7 nitrogen and oxygen atoms in total. The Labute approximate surface area is 156 Å². The van der Waals surface area contributed by atoms with E-state index in [1.54, 1.807) is 4.31 Å². The van der Waals surface area contributed by atoms with E-state index in [4.69, 9.17) is 11.6 Å². The van der Waals surface area contributed by atoms with E-state index in [1.807, 2.05) is 51.1 Å². The van der Waals surface area contributed by atoms with Crippen molar-refractivity contribution in [2.75, 3.05) is 16.2 Å². The van der Waals surface area contributed by atoms with E-state index in [0.717, 1.165) is 17.5 Å². The van der Waals surface area contributed by atoms with Crippen molar-refractivity contribution in [3.63, 3.8) is 0 Å². The molecule has 0 unspecified atom stereocenters. The van der Waals surface area contributed by atoms with Gasteiger partial charge in [-0.1, -0.05) is 30.3 Å². The number of anilines is 2. The predicted molar refractivity (Wildman–Crippen MR) is 103 cm³/mol. The lowest BCUT2D eigenvalue weighted by Gasteiger charge is -2.19. The Bertz CT molecular complexity index is 700. The molecule has 2 rings (SSSR count). The minimum Gasteiger partial charge on any atom is -0.352 e. The second-order valence-electron chi connectivity index (χ2n) is 5.44. The summed E-state index contributed by atoms with van der Waals surface area (Å²) in [4.78, 5) is 24.7. The van der Waals surface area contributed by atoms with Crippen LogP contribution in [0.4, 0.5) is 16.7 Å². The minimum absolute atomic E-state index is 0.0805. The third kappa shape index (κ3) is 6.39. The SMILES string of the molecule is CCN(SC(=O)NCc1ccccc1)c1nc(Cl)nc(NC(C)C)n1. The quantitative estimate of drug-likeness (QED) is 0.708. The number of hydrogen-bond acceptors (Lipinski definition) is 7. The molecule has 0 aliphatic carbocycles. The summed E-state index contributed by atoms with van der Waals surface area (Å²) in [6, 6.07) is 9.87. The van der Waals surface area contributed by atoms with E-state index in [1.165, 1.54) is 0 Å². The Balaban J connectivity index is 2.01. The Morgan fingerprint density at radius 2 is 1.96 bits per heavy atom. The number of hydrogen-bond donors (Lipinski definition) is 2. The summed E-state index contributed by atoms with van der Waals surface area (Å²) in [6.07, 6.45) is 0. The molecule has 0 saturated carbocycles. The third-order valence-electron chi connectivity index (χ3n) is 3.00. The zero-order chi connectivity index (χ0) is 18.2. The molecule has 0 bridgehead atoms. The summed E-state index contributed by atoms with van der Waals surface area (Å²) in [5.74, 6) is 0.722. The number of amides is 1. The van der Waals surface area contributed by atoms with Crippen molar-refractivity contribution in [1.82, 2.24) is 20.3 Å². The number of nitrogens with zero attached hydrogens (tertiary/aromatic N) is 4. The van der Waals surface area contributed by atoms with Gasteiger partial charge in [0.15, 0.2) is 0 Å². The van der Waals surface area contributed by atoms with Gasteiger partial charge in [0.25, 0.3) is 5.24 Å². The first-order valence-corrected chi connectivity index (χ1v) is 9.08. The Morgan fingerprint density at radius 1 is 1.24 bits per heavy atom. The van der Waals surface area contributed by atoms with Crippen LogP contribution in [-0.4, -0.2) is 32.8 Å². The lowest BCUT2D eigenvalue weighted by atomic mass is 10.2. The number of halogens is 1. The first-order valence-electron chi connectivity index (χ1n) is 7.93. The fourth-order valence-electron chi connectivity index (χ4n) is 1.92. The van der Waals surface area contributed by atoms with Gasteiger partial charge in [-0.15, -0.1) is 0 Å². The van der Waals surface area contributed by atoms with Gasteiger partial charge in [-0.05, 0) is 37.9 Å². The monoisotopic (exact) mass is 380 g/mol. The smallest absolute Gasteiger partial charge is 0.300 e. The molecule has 0 atom stereocenters. The molecular formula is C16H21ClN6OS. The molecule has 1 aromatic carbocycles. The van der Waals surface area contributed by atoms with Crippen molar-refractivity contribution >= 4 is 40.7 Å². The summed E-state index contributed by atoms with van der Waals surface area (Å²) in [7, 11) is 0. The van der Waals surface area contributed by atoms with Crippen LogP contribution in [0.15, 0.2) is 30.3 Å². The van der Waals surface area contributed by atoms with Crippen molar-refractivity contribution in [2.45, 2.75) is 33.4 Å². The van der Waals surface area contributed by atoms with Crippen LogP contribution in [0.1, 0.15) is 26.3 Å². The van der Waals surface area contributed by atoms with Crippen molar-refractivity contribution in [1.29, 1.82) is 0 Å². The zero-order valence-electron chi connectivity index (χ0n) is 14.4. The van der Waals surface area contributed by atoms with Crippen molar-refractivity contribution in [3.8, 4) is 0 Å². The molecule has 2 N–H and O–H groups in total. The van der Waals surface area contributed by atoms with Crippen LogP contribution < -0.4 is 14.9 Å². The second kappa shape index (κ2) is 9.43. The number of carbonyl (C=O) groups excluding carboxylic acids is 1. The van der Waals surface area contributed by atoms with Crippen LogP contribution in [-0.2, 0) is 6.54 Å². The maximum Gasteiger partial charge on any atom is 0.300 e. The van der Waals surface area contributed by atoms with E-state index in [9.17, 15) is 4.79 Å². The molecule has 1 heterocycles. The maximum atomic E-state index is 12.2. The van der Waals surface area contributed by atoms with E-state index >= 15 is 0 Å². The first kappa shape index (κ1) is 19.3. The Kier molecular flexibility index (Phi) is 7.27. The molecule has 9 heteroatoms. The van der Waals surface area contributed by atoms with Crippen molar-refractivity contribution in [3.05, 3.63) is 41.2 Å². The highest BCUT2D eigenvalue weighted by atomic mass is 35.5. The largest absolute Gasteiger partial charge is 0.352 e. The number of aromatic nitrogens is 3. The summed E-state index contributed by atoms with van der Waals surface area (Å²) >= 11 is 6.97. The van der Waals surface area contributed by atoms with E-state index < -0.39 is 0 Å². The molecule has 0 saturated heterocycles. The highest BCUT2D eigenvalue weighted by molar-refractivity contribution is 8.14. The Morgan fingerprint density at radius 3 is 2.60 bits per heavy atom. The van der Waals surface area contributed by atoms with Crippen LogP contribution in [0.25, 0.3) is 0 Å². The standard InChI is InChI=1S/C16H21ClN6OS/c1-4-23(15-21-13(17)20-14(22-15)19-11(2)3)25-16(24)18-10-12-8-6-5-7-9-12/h5-9,11H,4,10H2,1-3H3,(H,18,24)(H,19,20,21,22). The van der Waals surface area contributed by atoms with Gasteiger partial charge in [0, 0.05) is 19.1 Å². The van der Waals surface area contributed by atoms with Gasteiger partial charge in [-0.25, -0.2) is 0 Å². The molecular weight excluding hydrogens is 360 g/mol. The lowest BCUT2D eigenvalue weighted by Crippen LogP contribution is -2.26. The highest BCUT2D eigenvalue weighted by Gasteiger charge is 2.16. The van der Waals surface area contributed by atoms with E-state index in [0.29, 0.717) is 25.0 Å². The summed E-state index contributed by atoms with van der Waals surface area (Å²) in [5, 5.41) is 5.83. The molecule has 25 heavy (non-hydrogen) atoms. The van der Waals surface area contributed by atoms with E-state index in [-0.39, 0.29) is 16.6 Å². The number of rotatable bonds is 7. The van der Waals surface area contributed by atoms with Gasteiger partial charge in [-0.2, -0.15) is 15.0 Å². The first-order chi connectivity index (χ1) is 12.0. The van der Waals surface area contributed by atoms with Crippen LogP contribution in [0.2, 0.25) is 5.28 Å². The molecule has 0 fully saturated rings. The molecule has 0 radical (unpaired) electrons.